The summed E-state index contributed by atoms with van der Waals surface area (Å²) in [7, 11) is 6.02. The Kier molecular flexibility index (Phi) is 3.96. The minimum Gasteiger partial charge on any atom is -0.492 e. The van der Waals surface area contributed by atoms with E-state index in [0.29, 0.717) is 12.2 Å². The van der Waals surface area contributed by atoms with Crippen LogP contribution < -0.4 is 14.2 Å². The number of carbonyl (C=O) groups excluding carboxylic acids is 1. The first kappa shape index (κ1) is 16.4. The van der Waals surface area contributed by atoms with Crippen LogP contribution in [0, 0.1) is 0 Å². The predicted octanol–water partition coefficient (Wildman–Crippen LogP) is 3.43. The zero-order valence-corrected chi connectivity index (χ0v) is 15.5. The molecule has 0 fully saturated rings. The van der Waals surface area contributed by atoms with Crippen molar-refractivity contribution in [2.45, 2.75) is 18.9 Å². The van der Waals surface area contributed by atoms with Crippen LogP contribution in [0.2, 0.25) is 0 Å². The van der Waals surface area contributed by atoms with E-state index in [2.05, 4.69) is 20.2 Å². The average molecular weight is 360 g/mol. The molecule has 2 aliphatic rings. The van der Waals surface area contributed by atoms with Gasteiger partial charge in [0.25, 0.3) is 0 Å². The molecular weight excluding hydrogens is 338 g/mol. The van der Waals surface area contributed by atoms with Crippen molar-refractivity contribution >= 4 is 17.1 Å². The standard InChI is InChI=1S/C19H22NO4S/c1-20(2)7-6-12-9-15-18(24-11-23-15)19(22-3)17(12)13(20)10-14(21)16-5-4-8-25-16/h4-5,8-9,13H,6-7,10-11H2,1-3H3/q+1/t13-/m1/s1. The molecule has 0 spiro atoms. The molecule has 5 nitrogen and oxygen atoms in total. The number of ketones is 1. The number of Topliss-reactive ketones (excluding diaryl/α,β-unsaturated/α-hetero) is 1. The number of hydrogen-bond donors (Lipinski definition) is 0. The molecule has 1 atom stereocenters. The molecule has 2 aromatic rings. The topological polar surface area (TPSA) is 44.8 Å². The molecule has 0 bridgehead atoms. The molecule has 4 rings (SSSR count). The summed E-state index contributed by atoms with van der Waals surface area (Å²) in [6.45, 7) is 1.18. The van der Waals surface area contributed by atoms with Gasteiger partial charge in [-0.05, 0) is 23.1 Å². The molecular formula is C19H22NO4S+. The van der Waals surface area contributed by atoms with E-state index >= 15 is 0 Å². The van der Waals surface area contributed by atoms with Crippen molar-refractivity contribution in [3.05, 3.63) is 39.6 Å². The molecule has 0 saturated heterocycles. The number of hydrogen-bond acceptors (Lipinski definition) is 5. The Labute approximate surface area is 151 Å². The van der Waals surface area contributed by atoms with Gasteiger partial charge in [-0.2, -0.15) is 0 Å². The number of benzene rings is 1. The van der Waals surface area contributed by atoms with Gasteiger partial charge >= 0.3 is 0 Å². The number of methoxy groups -OCH3 is 1. The number of thiophene rings is 1. The monoisotopic (exact) mass is 360 g/mol. The van der Waals surface area contributed by atoms with Crippen molar-refractivity contribution in [1.29, 1.82) is 0 Å². The quantitative estimate of drug-likeness (QED) is 0.619. The summed E-state index contributed by atoms with van der Waals surface area (Å²) in [6, 6.07) is 5.91. The lowest BCUT2D eigenvalue weighted by atomic mass is 9.86. The highest BCUT2D eigenvalue weighted by Gasteiger charge is 2.42. The number of rotatable bonds is 4. The highest BCUT2D eigenvalue weighted by atomic mass is 32.1. The Bertz CT molecular complexity index is 813. The summed E-state index contributed by atoms with van der Waals surface area (Å²) < 4.78 is 17.7. The van der Waals surface area contributed by atoms with Crippen LogP contribution >= 0.6 is 11.3 Å². The van der Waals surface area contributed by atoms with Crippen LogP contribution in [0.25, 0.3) is 0 Å². The smallest absolute Gasteiger partial charge is 0.231 e. The number of quaternary nitrogens is 1. The Hall–Kier alpha value is -2.05. The fourth-order valence-electron chi connectivity index (χ4n) is 3.83. The summed E-state index contributed by atoms with van der Waals surface area (Å²) >= 11 is 1.50. The molecule has 2 aliphatic heterocycles. The zero-order chi connectivity index (χ0) is 17.6. The molecule has 0 radical (unpaired) electrons. The zero-order valence-electron chi connectivity index (χ0n) is 14.7. The van der Waals surface area contributed by atoms with Crippen LogP contribution in [0.5, 0.6) is 17.2 Å². The van der Waals surface area contributed by atoms with Crippen LogP contribution in [0.15, 0.2) is 23.6 Å². The van der Waals surface area contributed by atoms with Crippen LogP contribution in [-0.4, -0.2) is 44.8 Å². The Morgan fingerprint density at radius 3 is 2.96 bits per heavy atom. The molecule has 132 valence electrons. The maximum absolute atomic E-state index is 12.8. The van der Waals surface area contributed by atoms with E-state index in [1.807, 2.05) is 17.5 Å². The normalized spacial score (nSPS) is 20.2. The van der Waals surface area contributed by atoms with Gasteiger partial charge in [0.2, 0.25) is 12.5 Å². The lowest BCUT2D eigenvalue weighted by Crippen LogP contribution is -2.48. The average Bonchev–Trinajstić information content (AvgIpc) is 3.26. The van der Waals surface area contributed by atoms with Gasteiger partial charge in [0, 0.05) is 6.42 Å². The van der Waals surface area contributed by atoms with E-state index in [9.17, 15) is 4.79 Å². The molecule has 6 heteroatoms. The van der Waals surface area contributed by atoms with E-state index in [1.165, 1.54) is 16.9 Å². The first-order valence-corrected chi connectivity index (χ1v) is 9.28. The summed E-state index contributed by atoms with van der Waals surface area (Å²) in [6.07, 6.45) is 1.38. The Morgan fingerprint density at radius 1 is 1.40 bits per heavy atom. The number of likely N-dealkylation sites (N-methyl/N-ethyl adjacent to an activating group) is 1. The molecule has 1 aromatic heterocycles. The van der Waals surface area contributed by atoms with Crippen molar-refractivity contribution in [2.24, 2.45) is 0 Å². The molecule has 0 unspecified atom stereocenters. The first-order valence-electron chi connectivity index (χ1n) is 8.40. The third kappa shape index (κ3) is 2.69. The maximum Gasteiger partial charge on any atom is 0.231 e. The number of ether oxygens (including phenoxy) is 3. The van der Waals surface area contributed by atoms with Gasteiger partial charge in [0.1, 0.15) is 6.04 Å². The lowest BCUT2D eigenvalue weighted by molar-refractivity contribution is -0.922. The third-order valence-electron chi connectivity index (χ3n) is 5.26. The number of nitrogens with zero attached hydrogens (tertiary/aromatic N) is 1. The van der Waals surface area contributed by atoms with Gasteiger partial charge in [-0.25, -0.2) is 0 Å². The second-order valence-electron chi connectivity index (χ2n) is 7.09. The third-order valence-corrected chi connectivity index (χ3v) is 6.17. The molecule has 25 heavy (non-hydrogen) atoms. The maximum atomic E-state index is 12.8. The van der Waals surface area contributed by atoms with Gasteiger partial charge in [0.05, 0.1) is 44.6 Å². The second kappa shape index (κ2) is 6.04. The van der Waals surface area contributed by atoms with Crippen LogP contribution in [0.4, 0.5) is 0 Å². The highest BCUT2D eigenvalue weighted by molar-refractivity contribution is 7.12. The van der Waals surface area contributed by atoms with Crippen LogP contribution in [0.1, 0.15) is 33.3 Å². The van der Waals surface area contributed by atoms with Gasteiger partial charge in [0.15, 0.2) is 17.3 Å². The largest absolute Gasteiger partial charge is 0.492 e. The molecule has 0 aliphatic carbocycles. The Morgan fingerprint density at radius 2 is 2.24 bits per heavy atom. The first-order chi connectivity index (χ1) is 12.0. The fraction of sp³-hybridized carbons (Fsp3) is 0.421. The summed E-state index contributed by atoms with van der Waals surface area (Å²) in [5.74, 6) is 2.31. The van der Waals surface area contributed by atoms with E-state index in [1.54, 1.807) is 7.11 Å². The molecule has 0 N–H and O–H groups in total. The number of fused-ring (bicyclic) bond motifs is 2. The van der Waals surface area contributed by atoms with Crippen molar-refractivity contribution in [2.75, 3.05) is 34.5 Å². The van der Waals surface area contributed by atoms with Gasteiger partial charge < -0.3 is 18.7 Å². The van der Waals surface area contributed by atoms with E-state index in [-0.39, 0.29) is 18.6 Å². The van der Waals surface area contributed by atoms with E-state index in [4.69, 9.17) is 14.2 Å². The minimum atomic E-state index is 0.0304. The van der Waals surface area contributed by atoms with Crippen molar-refractivity contribution in [3.63, 3.8) is 0 Å². The molecule has 0 amide bonds. The summed E-state index contributed by atoms with van der Waals surface area (Å²) in [4.78, 5) is 13.6. The van der Waals surface area contributed by atoms with Crippen molar-refractivity contribution in [1.82, 2.24) is 0 Å². The molecule has 1 aromatic carbocycles. The summed E-state index contributed by atoms with van der Waals surface area (Å²) in [5.41, 5.74) is 2.29. The van der Waals surface area contributed by atoms with E-state index in [0.717, 1.165) is 39.4 Å². The van der Waals surface area contributed by atoms with Crippen LogP contribution in [-0.2, 0) is 6.42 Å². The van der Waals surface area contributed by atoms with Crippen molar-refractivity contribution < 1.29 is 23.5 Å². The van der Waals surface area contributed by atoms with Gasteiger partial charge in [-0.3, -0.25) is 4.79 Å². The van der Waals surface area contributed by atoms with Crippen molar-refractivity contribution in [3.8, 4) is 17.2 Å². The van der Waals surface area contributed by atoms with Gasteiger partial charge in [-0.15, -0.1) is 11.3 Å². The Balaban J connectivity index is 1.80. The minimum absolute atomic E-state index is 0.0304. The SMILES string of the molecule is COc1c2c(cc3c1[C@@H](CC(=O)c1cccs1)[N+](C)(C)CC3)OCO2. The second-order valence-corrected chi connectivity index (χ2v) is 8.04. The van der Waals surface area contributed by atoms with E-state index < -0.39 is 0 Å². The molecule has 3 heterocycles. The molecule has 0 saturated carbocycles. The lowest BCUT2D eigenvalue weighted by Gasteiger charge is -2.43. The number of carbonyl (C=O) groups is 1. The van der Waals surface area contributed by atoms with Crippen LogP contribution in [0.3, 0.4) is 0 Å². The predicted molar refractivity (Wildman–Crippen MR) is 95.8 cm³/mol. The highest BCUT2D eigenvalue weighted by Crippen LogP contribution is 2.51. The van der Waals surface area contributed by atoms with Gasteiger partial charge in [-0.1, -0.05) is 6.07 Å². The fourth-order valence-corrected chi connectivity index (χ4v) is 4.50. The summed E-state index contributed by atoms with van der Waals surface area (Å²) in [5, 5.41) is 1.95.